The summed E-state index contributed by atoms with van der Waals surface area (Å²) < 4.78 is 11.2. The highest BCUT2D eigenvalue weighted by molar-refractivity contribution is 8.54. The van der Waals surface area contributed by atoms with Gasteiger partial charge in [-0.15, -0.1) is 0 Å². The highest BCUT2D eigenvalue weighted by Crippen LogP contribution is 2.56. The fourth-order valence-electron chi connectivity index (χ4n) is 2.43. The van der Waals surface area contributed by atoms with E-state index >= 15 is 0 Å². The molecule has 0 saturated carbocycles. The van der Waals surface area contributed by atoms with Crippen LogP contribution in [0.15, 0.2) is 47.4 Å². The molecular weight excluding hydrogens is 367 g/mol. The van der Waals surface area contributed by atoms with Crippen molar-refractivity contribution in [2.45, 2.75) is 29.9 Å². The molecule has 0 saturated heterocycles. The first-order valence-corrected chi connectivity index (χ1v) is 10.4. The van der Waals surface area contributed by atoms with Crippen molar-refractivity contribution in [1.82, 2.24) is 0 Å². The lowest BCUT2D eigenvalue weighted by molar-refractivity contribution is -0.177. The first kappa shape index (κ1) is 19.8. The van der Waals surface area contributed by atoms with E-state index in [1.807, 2.05) is 0 Å². The third kappa shape index (κ3) is 6.04. The molecule has 2 rings (SSSR count). The smallest absolute Gasteiger partial charge is 0.388 e. The number of aromatic hydroxyl groups is 2. The third-order valence-corrected chi connectivity index (χ3v) is 5.59. The van der Waals surface area contributed by atoms with Crippen molar-refractivity contribution in [2.75, 3.05) is 0 Å². The Labute approximate surface area is 148 Å². The molecule has 0 radical (unpaired) electrons. The van der Waals surface area contributed by atoms with Gasteiger partial charge in [0, 0.05) is 16.9 Å². The Bertz CT molecular complexity index is 788. The van der Waals surface area contributed by atoms with E-state index in [-0.39, 0.29) is 39.8 Å². The van der Waals surface area contributed by atoms with Gasteiger partial charge in [0.1, 0.15) is 11.5 Å². The van der Waals surface area contributed by atoms with Gasteiger partial charge >= 0.3 is 6.80 Å². The van der Waals surface area contributed by atoms with Crippen molar-refractivity contribution in [2.24, 2.45) is 0 Å². The van der Waals surface area contributed by atoms with Gasteiger partial charge in [-0.25, -0.2) is 4.57 Å². The van der Waals surface area contributed by atoms with E-state index in [4.69, 9.17) is 9.79 Å². The first-order valence-electron chi connectivity index (χ1n) is 7.38. The molecule has 0 aliphatic rings. The maximum absolute atomic E-state index is 11.2. The molecule has 136 valence electrons. The molecule has 0 spiro atoms. The van der Waals surface area contributed by atoms with Crippen LogP contribution < -0.4 is 0 Å². The number of aliphatic hydroxyl groups is 2. The van der Waals surface area contributed by atoms with E-state index in [0.717, 1.165) is 11.6 Å². The molecule has 0 aliphatic carbocycles. The van der Waals surface area contributed by atoms with Crippen LogP contribution in [-0.4, -0.2) is 30.2 Å². The van der Waals surface area contributed by atoms with Gasteiger partial charge in [-0.1, -0.05) is 12.1 Å². The van der Waals surface area contributed by atoms with E-state index < -0.39 is 12.6 Å². The lowest BCUT2D eigenvalue weighted by Gasteiger charge is -2.25. The Hall–Kier alpha value is -1.54. The van der Waals surface area contributed by atoms with Crippen molar-refractivity contribution in [3.63, 3.8) is 0 Å². The quantitative estimate of drug-likeness (QED) is 0.315. The second-order valence-corrected chi connectivity index (χ2v) is 9.18. The average Bonchev–Trinajstić information content (AvgIpc) is 2.45. The summed E-state index contributed by atoms with van der Waals surface area (Å²) in [6.07, 6.45) is 0.746. The summed E-state index contributed by atoms with van der Waals surface area (Å²) in [5.74, 6) is -2.44. The van der Waals surface area contributed by atoms with Crippen LogP contribution in [0.1, 0.15) is 24.0 Å². The number of aryl methyl sites for hydroxylation is 1. The van der Waals surface area contributed by atoms with E-state index in [0.29, 0.717) is 12.8 Å². The van der Waals surface area contributed by atoms with Gasteiger partial charge < -0.3 is 30.2 Å². The largest absolute Gasteiger partial charge is 0.508 e. The number of rotatable bonds is 7. The molecule has 0 aromatic heterocycles. The SMILES string of the molecule is O=P(O)(O)Sc1cc(O)ccc1C(O)(O)CCCc1cccc(O)c1. The molecular formula is C16H19O7PS. The number of hydrogen-bond acceptors (Lipinski definition) is 6. The molecule has 0 unspecified atom stereocenters. The van der Waals surface area contributed by atoms with Gasteiger partial charge in [0.2, 0.25) is 0 Å². The molecule has 0 fully saturated rings. The second kappa shape index (κ2) is 7.78. The minimum absolute atomic E-state index is 0.0884. The molecule has 2 aromatic rings. The second-order valence-electron chi connectivity index (χ2n) is 5.60. The van der Waals surface area contributed by atoms with Gasteiger partial charge in [0.05, 0.1) is 0 Å². The Kier molecular flexibility index (Phi) is 6.16. The van der Waals surface area contributed by atoms with Gasteiger partial charge in [-0.3, -0.25) is 0 Å². The summed E-state index contributed by atoms with van der Waals surface area (Å²) in [4.78, 5) is 18.1. The summed E-state index contributed by atoms with van der Waals surface area (Å²) in [5.41, 5.74) is 0.737. The fourth-order valence-corrected chi connectivity index (χ4v) is 4.41. The van der Waals surface area contributed by atoms with E-state index in [9.17, 15) is 25.0 Å². The topological polar surface area (TPSA) is 138 Å². The van der Waals surface area contributed by atoms with E-state index in [1.54, 1.807) is 18.2 Å². The van der Waals surface area contributed by atoms with Crippen LogP contribution in [0.2, 0.25) is 0 Å². The fraction of sp³-hybridized carbons (Fsp3) is 0.250. The molecule has 0 heterocycles. The summed E-state index contributed by atoms with van der Waals surface area (Å²) in [7, 11) is 0. The Balaban J connectivity index is 2.14. The normalized spacial score (nSPS) is 12.3. The van der Waals surface area contributed by atoms with Gasteiger partial charge in [0.15, 0.2) is 5.79 Å². The standard InChI is InChI=1S/C16H19O7PS/c17-12-5-1-3-11(9-12)4-2-8-16(19,20)14-7-6-13(18)10-15(14)25-24(21,22)23/h1,3,5-7,9-10,17-20H,2,4,8H2,(H2,21,22,23). The minimum Gasteiger partial charge on any atom is -0.508 e. The Morgan fingerprint density at radius 2 is 1.68 bits per heavy atom. The predicted molar refractivity (Wildman–Crippen MR) is 93.2 cm³/mol. The van der Waals surface area contributed by atoms with Gasteiger partial charge in [-0.05, 0) is 60.1 Å². The summed E-state index contributed by atoms with van der Waals surface area (Å²) in [5, 5.41) is 39.6. The Morgan fingerprint density at radius 3 is 2.32 bits per heavy atom. The van der Waals surface area contributed by atoms with Crippen LogP contribution in [0, 0.1) is 0 Å². The lowest BCUT2D eigenvalue weighted by Crippen LogP contribution is -2.26. The van der Waals surface area contributed by atoms with E-state index in [2.05, 4.69) is 0 Å². The summed E-state index contributed by atoms with van der Waals surface area (Å²) >= 11 is 0.154. The Morgan fingerprint density at radius 1 is 1.00 bits per heavy atom. The van der Waals surface area contributed by atoms with Crippen LogP contribution in [0.4, 0.5) is 0 Å². The van der Waals surface area contributed by atoms with Crippen molar-refractivity contribution < 1.29 is 34.8 Å². The molecule has 6 N–H and O–H groups in total. The molecule has 0 atom stereocenters. The number of phenolic OH excluding ortho intramolecular Hbond substituents is 2. The third-order valence-electron chi connectivity index (χ3n) is 3.52. The predicted octanol–water partition coefficient (Wildman–Crippen LogP) is 2.44. The minimum atomic E-state index is -4.53. The van der Waals surface area contributed by atoms with E-state index in [1.165, 1.54) is 18.2 Å². The van der Waals surface area contributed by atoms with Crippen LogP contribution in [-0.2, 0) is 16.8 Å². The molecule has 25 heavy (non-hydrogen) atoms. The molecule has 0 bridgehead atoms. The summed E-state index contributed by atoms with van der Waals surface area (Å²) in [6, 6.07) is 10.1. The highest BCUT2D eigenvalue weighted by atomic mass is 32.7. The molecule has 0 amide bonds. The zero-order chi connectivity index (χ0) is 18.7. The van der Waals surface area contributed by atoms with Crippen molar-refractivity contribution >= 4 is 18.2 Å². The van der Waals surface area contributed by atoms with Crippen LogP contribution in [0.25, 0.3) is 0 Å². The first-order chi connectivity index (χ1) is 11.6. The molecule has 2 aromatic carbocycles. The van der Waals surface area contributed by atoms with Gasteiger partial charge in [-0.2, -0.15) is 0 Å². The van der Waals surface area contributed by atoms with Crippen molar-refractivity contribution in [1.29, 1.82) is 0 Å². The van der Waals surface area contributed by atoms with Gasteiger partial charge in [0.25, 0.3) is 0 Å². The number of hydrogen-bond donors (Lipinski definition) is 6. The lowest BCUT2D eigenvalue weighted by atomic mass is 9.98. The van der Waals surface area contributed by atoms with Crippen molar-refractivity contribution in [3.05, 3.63) is 53.6 Å². The molecule has 9 heteroatoms. The highest BCUT2D eigenvalue weighted by Gasteiger charge is 2.31. The monoisotopic (exact) mass is 386 g/mol. The summed E-state index contributed by atoms with van der Waals surface area (Å²) in [6.45, 7) is -4.53. The molecule has 7 nitrogen and oxygen atoms in total. The van der Waals surface area contributed by atoms with Crippen LogP contribution in [0.5, 0.6) is 11.5 Å². The van der Waals surface area contributed by atoms with Crippen LogP contribution >= 0.6 is 18.2 Å². The molecule has 0 aliphatic heterocycles. The van der Waals surface area contributed by atoms with Crippen molar-refractivity contribution in [3.8, 4) is 11.5 Å². The maximum Gasteiger partial charge on any atom is 0.388 e. The number of benzene rings is 2. The zero-order valence-electron chi connectivity index (χ0n) is 13.1. The zero-order valence-corrected chi connectivity index (χ0v) is 14.8. The number of phenols is 2. The maximum atomic E-state index is 11.2. The van der Waals surface area contributed by atoms with Crippen LogP contribution in [0.3, 0.4) is 0 Å². The average molecular weight is 386 g/mol.